The molecule has 6 aromatic rings. The van der Waals surface area contributed by atoms with Crippen molar-refractivity contribution in [3.63, 3.8) is 0 Å². The maximum absolute atomic E-state index is 12.5. The van der Waals surface area contributed by atoms with E-state index in [4.69, 9.17) is 57.1 Å². The van der Waals surface area contributed by atoms with Crippen LogP contribution in [0.4, 0.5) is 44.9 Å². The van der Waals surface area contributed by atoms with Crippen molar-refractivity contribution in [3.8, 4) is 22.8 Å². The Morgan fingerprint density at radius 2 is 1.08 bits per heavy atom. The number of nitrogens with one attached hydrogen (secondary N) is 2. The van der Waals surface area contributed by atoms with Crippen LogP contribution in [0.1, 0.15) is 164 Å². The topological polar surface area (TPSA) is 337 Å². The fourth-order valence-electron chi connectivity index (χ4n) is 12.0. The summed E-state index contributed by atoms with van der Waals surface area (Å²) in [6.07, 6.45) is 8.43. The largest absolute Gasteiger partial charge is 0.514 e. The lowest BCUT2D eigenvalue weighted by Crippen LogP contribution is -2.42. The summed E-state index contributed by atoms with van der Waals surface area (Å²) in [6, 6.07) is 12.2. The molecule has 98 heavy (non-hydrogen) atoms. The van der Waals surface area contributed by atoms with E-state index in [-0.39, 0.29) is 92.7 Å². The van der Waals surface area contributed by atoms with Gasteiger partial charge in [0.2, 0.25) is 17.8 Å². The molecule has 6 aliphatic rings. The molecule has 6 saturated heterocycles. The summed E-state index contributed by atoms with van der Waals surface area (Å²) in [5.41, 5.74) is 22.8. The van der Waals surface area contributed by atoms with Gasteiger partial charge in [-0.3, -0.25) is 5.10 Å². The second-order valence-electron chi connectivity index (χ2n) is 28.5. The molecule has 2 unspecified atom stereocenters. The third kappa shape index (κ3) is 20.2. The lowest BCUT2D eigenvalue weighted by atomic mass is 9.84. The Morgan fingerprint density at radius 1 is 0.622 bits per heavy atom. The van der Waals surface area contributed by atoms with Gasteiger partial charge in [-0.15, -0.1) is 12.4 Å². The van der Waals surface area contributed by atoms with Crippen molar-refractivity contribution in [2.45, 2.75) is 208 Å². The smallest absolute Gasteiger partial charge is 0.444 e. The van der Waals surface area contributed by atoms with Crippen LogP contribution in [-0.2, 0) is 28.3 Å². The number of likely N-dealkylation sites (N-methyl/N-ethyl adjacent to an activating group) is 3. The van der Waals surface area contributed by atoms with E-state index in [1.807, 2.05) is 114 Å². The van der Waals surface area contributed by atoms with Crippen molar-refractivity contribution in [1.82, 2.24) is 74.8 Å². The highest BCUT2D eigenvalue weighted by Crippen LogP contribution is 2.38. The number of hydrogen-bond donors (Lipinski definition) is 5. The summed E-state index contributed by atoms with van der Waals surface area (Å²) >= 11 is 5.91. The molecule has 6 aromatic heterocycles. The summed E-state index contributed by atoms with van der Waals surface area (Å²) in [5.74, 6) is 2.93. The van der Waals surface area contributed by atoms with Gasteiger partial charge in [0.05, 0.1) is 57.3 Å². The number of aromatic nitrogens is 12. The Bertz CT molecular complexity index is 3570. The van der Waals surface area contributed by atoms with Crippen LogP contribution in [0.25, 0.3) is 22.8 Å². The molecule has 0 aliphatic carbocycles. The Morgan fingerprint density at radius 3 is 1.55 bits per heavy atom. The lowest BCUT2D eigenvalue weighted by molar-refractivity contribution is -0.0385. The van der Waals surface area contributed by atoms with E-state index >= 15 is 0 Å². The van der Waals surface area contributed by atoms with Crippen LogP contribution in [0.2, 0.25) is 5.15 Å². The van der Waals surface area contributed by atoms with Crippen LogP contribution in [0.5, 0.6) is 0 Å². The van der Waals surface area contributed by atoms with Crippen LogP contribution in [0, 0.1) is 20.8 Å². The number of nitrogens with zero attached hydrogens (tertiary/aromatic N) is 16. The predicted molar refractivity (Wildman–Crippen MR) is 386 cm³/mol. The van der Waals surface area contributed by atoms with Crippen molar-refractivity contribution >= 4 is 84.2 Å². The van der Waals surface area contributed by atoms with Gasteiger partial charge in [-0.05, 0) is 173 Å². The Kier molecular flexibility index (Phi) is 26.1. The molecule has 0 bridgehead atoms. The second-order valence-corrected chi connectivity index (χ2v) is 28.9. The molecule has 2 amide bonds. The summed E-state index contributed by atoms with van der Waals surface area (Å²) in [6.45, 7) is 31.6. The highest BCUT2D eigenvalue weighted by molar-refractivity contribution is 6.61. The fourth-order valence-corrected chi connectivity index (χ4v) is 12.2. The normalized spacial score (nSPS) is 21.1. The number of carbonyl (C=O) groups is 2. The molecule has 0 spiro atoms. The molecule has 0 aromatic carbocycles. The zero-order valence-corrected chi connectivity index (χ0v) is 61.0. The number of aromatic amines is 1. The summed E-state index contributed by atoms with van der Waals surface area (Å²) in [5, 5.41) is 20.0. The zero-order chi connectivity index (χ0) is 69.6. The molecule has 540 valence electrons. The van der Waals surface area contributed by atoms with Gasteiger partial charge in [-0.2, -0.15) is 30.2 Å². The first-order chi connectivity index (χ1) is 45.2. The van der Waals surface area contributed by atoms with Gasteiger partial charge in [0.1, 0.15) is 45.7 Å². The van der Waals surface area contributed by atoms with Gasteiger partial charge in [0.15, 0.2) is 6.23 Å². The first kappa shape index (κ1) is 78.0. The van der Waals surface area contributed by atoms with Crippen molar-refractivity contribution in [2.75, 3.05) is 106 Å². The number of nitrogens with two attached hydrogens (primary N) is 3. The second kappa shape index (κ2) is 32.8. The molecular formula is C66H106BCl2N21O8. The molecule has 29 nitrogen and oxygen atoms in total. The Balaban J connectivity index is 0.000000187. The van der Waals surface area contributed by atoms with Crippen LogP contribution in [-0.4, -0.2) is 203 Å². The number of hydrogen-bond acceptors (Lipinski definition) is 24. The molecule has 0 radical (unpaired) electrons. The van der Waals surface area contributed by atoms with E-state index in [1.54, 1.807) is 30.0 Å². The molecule has 0 saturated carbocycles. The van der Waals surface area contributed by atoms with E-state index in [0.29, 0.717) is 30.1 Å². The minimum Gasteiger partial charge on any atom is -0.444 e. The highest BCUT2D eigenvalue weighted by atomic mass is 35.5. The van der Waals surface area contributed by atoms with E-state index in [0.717, 1.165) is 148 Å². The maximum atomic E-state index is 12.5. The summed E-state index contributed by atoms with van der Waals surface area (Å²) < 4.78 is 38.9. The average Bonchev–Trinajstić information content (AvgIpc) is 1.61. The number of anilines is 6. The number of carbonyl (C=O) groups excluding carboxylic acids is 2. The maximum Gasteiger partial charge on any atom is 0.514 e. The monoisotopic (exact) mass is 1400 g/mol. The summed E-state index contributed by atoms with van der Waals surface area (Å²) in [7, 11) is 5.14. The van der Waals surface area contributed by atoms with Crippen molar-refractivity contribution < 1.29 is 37.8 Å². The van der Waals surface area contributed by atoms with Gasteiger partial charge < -0.3 is 75.3 Å². The first-order valence-corrected chi connectivity index (χ1v) is 33.8. The van der Waals surface area contributed by atoms with Gasteiger partial charge in [-0.25, -0.2) is 33.9 Å². The fraction of sp³-hybridized carbons (Fsp3) is 0.652. The van der Waals surface area contributed by atoms with Gasteiger partial charge in [0, 0.05) is 96.5 Å². The molecule has 5 atom stereocenters. The molecule has 6 fully saturated rings. The minimum absolute atomic E-state index is 0. The number of ether oxygens (including phenoxy) is 4. The SMILES string of the molecule is C.CN(C(=O)OC(C)(C)C)[C@@H]1CCN(c2cc(Cl)nc(N)n2)C1.CN[C@@H]1CCN(c2cc(-c3cc(C)[nH]n3)nc(N)n2)C1.Cc1cc(-c2cc(N3CC[C@@H](N(C)C(=O)OC(C)(C)C)C3)nc(N)n2)n(C2CCCCO2)n1.Cc1cc(B2OC(C)(C)C(C)(C)O2)n(C2CCCCO2)n1.Cl. The van der Waals surface area contributed by atoms with Crippen LogP contribution < -0.4 is 42.8 Å². The van der Waals surface area contributed by atoms with Crippen molar-refractivity contribution in [2.24, 2.45) is 0 Å². The highest BCUT2D eigenvalue weighted by Gasteiger charge is 2.53. The molecule has 12 rings (SSSR count). The Labute approximate surface area is 589 Å². The third-order valence-electron chi connectivity index (χ3n) is 17.8. The molecule has 32 heteroatoms. The quantitative estimate of drug-likeness (QED) is 0.0595. The lowest BCUT2D eigenvalue weighted by Gasteiger charge is -2.32. The Hall–Kier alpha value is -7.35. The number of amides is 2. The number of aryl methyl sites for hydroxylation is 3. The molecule has 12 heterocycles. The van der Waals surface area contributed by atoms with E-state index < -0.39 is 11.2 Å². The van der Waals surface area contributed by atoms with E-state index in [2.05, 4.69) is 93.1 Å². The van der Waals surface area contributed by atoms with Crippen LogP contribution >= 0.6 is 24.0 Å². The van der Waals surface area contributed by atoms with E-state index in [9.17, 15) is 9.59 Å². The first-order valence-electron chi connectivity index (χ1n) is 33.4. The van der Waals surface area contributed by atoms with Gasteiger partial charge in [0.25, 0.3) is 0 Å². The van der Waals surface area contributed by atoms with Crippen molar-refractivity contribution in [3.05, 3.63) is 58.6 Å². The minimum atomic E-state index is -0.525. The number of nitrogen functional groups attached to an aromatic ring is 3. The van der Waals surface area contributed by atoms with Crippen molar-refractivity contribution in [1.29, 1.82) is 0 Å². The van der Waals surface area contributed by atoms with Gasteiger partial charge in [-0.1, -0.05) is 19.0 Å². The van der Waals surface area contributed by atoms with Crippen LogP contribution in [0.15, 0.2) is 36.4 Å². The molecule has 8 N–H and O–H groups in total. The third-order valence-corrected chi connectivity index (χ3v) is 18.0. The average molecular weight is 1400 g/mol. The standard InChI is InChI=1S/C23H35N7O3.C15H25BN2O3.C14H22ClN5O2.C13H19N7.CH4.ClH/c1-15-12-18(30(27-15)20-8-6-7-11-32-20)17-13-19(26-21(24)25-17)29-10-9-16(14-29)28(5)22(31)33-23(2,3)4;1-11-10-12(16-20-14(2,3)15(4,5)21-16)18(17-11)13-8-6-7-9-19-13;1-14(2,3)22-13(21)19(4)9-5-6-20(8-9)11-7-10(15)17-12(16)18-11;1-8-5-11(19-18-8)10-6-12(17-13(14)16-10)20-4-3-9(7-20)15-2;;/h12-13,16,20H,6-11,14H2,1-5H3,(H2,24,25,26);10,13H,6-9H2,1-5H3;7,9H,5-6,8H2,1-4H3,(H2,16,17,18);5-6,9,15H,3-4,7H2,1-2H3,(H,18,19)(H2,14,16,17);1H4;1H/t16-,20?;;2*9-;;/m1.11../s1. The predicted octanol–water partition coefficient (Wildman–Crippen LogP) is 9.34. The van der Waals surface area contributed by atoms with E-state index in [1.165, 1.54) is 6.42 Å². The molecular weight excluding hydrogens is 1300 g/mol. The number of H-pyrrole nitrogens is 1. The number of rotatable bonds is 11. The zero-order valence-electron chi connectivity index (χ0n) is 59.4. The van der Waals surface area contributed by atoms with Crippen LogP contribution in [0.3, 0.4) is 0 Å². The summed E-state index contributed by atoms with van der Waals surface area (Å²) in [4.78, 5) is 60.0. The number of halogens is 2. The van der Waals surface area contributed by atoms with Gasteiger partial charge >= 0.3 is 19.3 Å². The molecule has 6 aliphatic heterocycles.